The van der Waals surface area contributed by atoms with Crippen LogP contribution in [0, 0.1) is 6.92 Å². The van der Waals surface area contributed by atoms with E-state index in [1.165, 1.54) is 6.26 Å². The van der Waals surface area contributed by atoms with Crippen LogP contribution in [0.15, 0.2) is 33.4 Å². The SMILES string of the molecule is Cc1noc2nc(-c3ccco3)cc(C(=O)OCC(=O)N3CCOC(C)C3)c12. The predicted molar refractivity (Wildman–Crippen MR) is 96.5 cm³/mol. The number of hydrogen-bond donors (Lipinski definition) is 0. The largest absolute Gasteiger partial charge is 0.463 e. The molecule has 0 radical (unpaired) electrons. The molecule has 4 heterocycles. The van der Waals surface area contributed by atoms with E-state index in [0.717, 1.165) is 0 Å². The quantitative estimate of drug-likeness (QED) is 0.629. The number of aromatic nitrogens is 2. The zero-order valence-corrected chi connectivity index (χ0v) is 15.5. The molecule has 1 aliphatic rings. The number of carbonyl (C=O) groups excluding carboxylic acids is 2. The topological polar surface area (TPSA) is 108 Å². The van der Waals surface area contributed by atoms with Crippen LogP contribution < -0.4 is 0 Å². The number of furan rings is 1. The molecule has 1 unspecified atom stereocenters. The number of carbonyl (C=O) groups is 2. The number of pyridine rings is 1. The Labute approximate surface area is 160 Å². The summed E-state index contributed by atoms with van der Waals surface area (Å²) in [5.74, 6) is -0.438. The minimum atomic E-state index is -0.652. The number of fused-ring (bicyclic) bond motifs is 1. The van der Waals surface area contributed by atoms with Crippen LogP contribution in [-0.2, 0) is 14.3 Å². The minimum absolute atomic E-state index is 0.0382. The van der Waals surface area contributed by atoms with Gasteiger partial charge in [-0.2, -0.15) is 0 Å². The van der Waals surface area contributed by atoms with E-state index in [1.807, 2.05) is 6.92 Å². The monoisotopic (exact) mass is 385 g/mol. The standard InChI is InChI=1S/C19H19N3O6/c1-11-9-22(5-7-25-11)16(23)10-27-19(24)13-8-14(15-4-3-6-26-15)20-18-17(13)12(2)21-28-18/h3-4,6,8,11H,5,7,9-10H2,1-2H3. The zero-order chi connectivity index (χ0) is 19.7. The number of ether oxygens (including phenoxy) is 2. The summed E-state index contributed by atoms with van der Waals surface area (Å²) < 4.78 is 21.3. The highest BCUT2D eigenvalue weighted by Gasteiger charge is 2.25. The molecule has 1 amide bonds. The average Bonchev–Trinajstić information content (AvgIpc) is 3.35. The summed E-state index contributed by atoms with van der Waals surface area (Å²) in [5, 5.41) is 4.32. The van der Waals surface area contributed by atoms with Crippen LogP contribution in [0.2, 0.25) is 0 Å². The molecule has 0 saturated carbocycles. The molecule has 0 aliphatic carbocycles. The van der Waals surface area contributed by atoms with Crippen LogP contribution in [0.3, 0.4) is 0 Å². The molecule has 28 heavy (non-hydrogen) atoms. The molecule has 9 nitrogen and oxygen atoms in total. The lowest BCUT2D eigenvalue weighted by Crippen LogP contribution is -2.46. The normalized spacial score (nSPS) is 17.1. The highest BCUT2D eigenvalue weighted by atomic mass is 16.5. The number of hydrogen-bond acceptors (Lipinski definition) is 8. The van der Waals surface area contributed by atoms with Gasteiger partial charge in [0.15, 0.2) is 12.4 Å². The van der Waals surface area contributed by atoms with Gasteiger partial charge in [0.05, 0.1) is 35.6 Å². The lowest BCUT2D eigenvalue weighted by Gasteiger charge is -2.30. The Kier molecular flexibility index (Phi) is 4.82. The van der Waals surface area contributed by atoms with Gasteiger partial charge in [-0.25, -0.2) is 9.78 Å². The second-order valence-electron chi connectivity index (χ2n) is 6.58. The lowest BCUT2D eigenvalue weighted by atomic mass is 10.1. The van der Waals surface area contributed by atoms with E-state index in [1.54, 1.807) is 30.0 Å². The smallest absolute Gasteiger partial charge is 0.339 e. The van der Waals surface area contributed by atoms with Gasteiger partial charge in [0.25, 0.3) is 11.6 Å². The summed E-state index contributed by atoms with van der Waals surface area (Å²) in [7, 11) is 0. The first kappa shape index (κ1) is 18.2. The summed E-state index contributed by atoms with van der Waals surface area (Å²) in [6, 6.07) is 4.98. The average molecular weight is 385 g/mol. The second kappa shape index (κ2) is 7.43. The van der Waals surface area contributed by atoms with Gasteiger partial charge < -0.3 is 23.3 Å². The fraction of sp³-hybridized carbons (Fsp3) is 0.368. The van der Waals surface area contributed by atoms with Crippen molar-refractivity contribution >= 4 is 23.0 Å². The Morgan fingerprint density at radius 1 is 1.39 bits per heavy atom. The number of esters is 1. The van der Waals surface area contributed by atoms with Crippen molar-refractivity contribution in [2.24, 2.45) is 0 Å². The lowest BCUT2D eigenvalue weighted by molar-refractivity contribution is -0.141. The predicted octanol–water partition coefficient (Wildman–Crippen LogP) is 2.20. The van der Waals surface area contributed by atoms with E-state index in [9.17, 15) is 9.59 Å². The Balaban J connectivity index is 1.56. The minimum Gasteiger partial charge on any atom is -0.463 e. The van der Waals surface area contributed by atoms with Crippen LogP contribution in [0.5, 0.6) is 0 Å². The van der Waals surface area contributed by atoms with Gasteiger partial charge >= 0.3 is 5.97 Å². The number of aryl methyl sites for hydroxylation is 1. The maximum Gasteiger partial charge on any atom is 0.339 e. The van der Waals surface area contributed by atoms with Gasteiger partial charge in [-0.3, -0.25) is 4.79 Å². The molecule has 1 saturated heterocycles. The van der Waals surface area contributed by atoms with E-state index in [0.29, 0.717) is 42.2 Å². The van der Waals surface area contributed by atoms with Crippen LogP contribution in [0.25, 0.3) is 22.6 Å². The number of morpholine rings is 1. The van der Waals surface area contributed by atoms with E-state index in [4.69, 9.17) is 18.4 Å². The molecular formula is C19H19N3O6. The van der Waals surface area contributed by atoms with Crippen molar-refractivity contribution in [1.82, 2.24) is 15.0 Å². The maximum atomic E-state index is 12.7. The van der Waals surface area contributed by atoms with Crippen molar-refractivity contribution in [3.8, 4) is 11.5 Å². The first-order valence-corrected chi connectivity index (χ1v) is 8.90. The molecule has 3 aromatic heterocycles. The summed E-state index contributed by atoms with van der Waals surface area (Å²) in [6.45, 7) is 4.67. The molecule has 146 valence electrons. The van der Waals surface area contributed by atoms with Crippen molar-refractivity contribution in [2.45, 2.75) is 20.0 Å². The summed E-state index contributed by atoms with van der Waals surface area (Å²) in [5.41, 5.74) is 1.34. The summed E-state index contributed by atoms with van der Waals surface area (Å²) in [6.07, 6.45) is 1.47. The van der Waals surface area contributed by atoms with Gasteiger partial charge in [-0.15, -0.1) is 0 Å². The molecule has 9 heteroatoms. The molecule has 1 atom stereocenters. The molecule has 3 aromatic rings. The van der Waals surface area contributed by atoms with Crippen molar-refractivity contribution in [3.63, 3.8) is 0 Å². The Hall–Kier alpha value is -3.20. The molecule has 4 rings (SSSR count). The van der Waals surface area contributed by atoms with E-state index in [2.05, 4.69) is 10.1 Å². The maximum absolute atomic E-state index is 12.7. The van der Waals surface area contributed by atoms with Crippen molar-refractivity contribution in [2.75, 3.05) is 26.3 Å². The highest BCUT2D eigenvalue weighted by molar-refractivity contribution is 6.04. The molecular weight excluding hydrogens is 366 g/mol. The van der Waals surface area contributed by atoms with Crippen molar-refractivity contribution in [3.05, 3.63) is 35.7 Å². The first-order valence-electron chi connectivity index (χ1n) is 8.90. The van der Waals surface area contributed by atoms with Gasteiger partial charge in [0.2, 0.25) is 0 Å². The van der Waals surface area contributed by atoms with Crippen LogP contribution in [0.1, 0.15) is 23.0 Å². The first-order chi connectivity index (χ1) is 13.5. The van der Waals surface area contributed by atoms with Crippen molar-refractivity contribution < 1.29 is 28.0 Å². The number of amides is 1. The molecule has 0 spiro atoms. The Morgan fingerprint density at radius 3 is 3.00 bits per heavy atom. The molecule has 0 bridgehead atoms. The van der Waals surface area contributed by atoms with Gasteiger partial charge in [-0.1, -0.05) is 5.16 Å². The second-order valence-corrected chi connectivity index (χ2v) is 6.58. The van der Waals surface area contributed by atoms with Gasteiger partial charge in [-0.05, 0) is 32.0 Å². The third-order valence-corrected chi connectivity index (χ3v) is 4.53. The van der Waals surface area contributed by atoms with E-state index >= 15 is 0 Å². The molecule has 1 aliphatic heterocycles. The Morgan fingerprint density at radius 2 is 2.25 bits per heavy atom. The number of nitrogens with zero attached hydrogens (tertiary/aromatic N) is 3. The number of rotatable bonds is 4. The van der Waals surface area contributed by atoms with Gasteiger partial charge in [0.1, 0.15) is 5.69 Å². The summed E-state index contributed by atoms with van der Waals surface area (Å²) in [4.78, 5) is 31.1. The zero-order valence-electron chi connectivity index (χ0n) is 15.5. The third kappa shape index (κ3) is 3.48. The molecule has 0 aromatic carbocycles. The molecule has 0 N–H and O–H groups in total. The van der Waals surface area contributed by atoms with Gasteiger partial charge in [0, 0.05) is 13.1 Å². The van der Waals surface area contributed by atoms with Crippen LogP contribution >= 0.6 is 0 Å². The summed E-state index contributed by atoms with van der Waals surface area (Å²) >= 11 is 0. The highest BCUT2D eigenvalue weighted by Crippen LogP contribution is 2.27. The Bertz CT molecular complexity index is 1010. The van der Waals surface area contributed by atoms with E-state index in [-0.39, 0.29) is 29.9 Å². The third-order valence-electron chi connectivity index (χ3n) is 4.53. The fourth-order valence-electron chi connectivity index (χ4n) is 3.15. The van der Waals surface area contributed by atoms with Crippen LogP contribution in [0.4, 0.5) is 0 Å². The van der Waals surface area contributed by atoms with E-state index < -0.39 is 5.97 Å². The van der Waals surface area contributed by atoms with Crippen LogP contribution in [-0.4, -0.2) is 59.3 Å². The fourth-order valence-corrected chi connectivity index (χ4v) is 3.15. The van der Waals surface area contributed by atoms with Crippen molar-refractivity contribution in [1.29, 1.82) is 0 Å². The molecule has 1 fully saturated rings.